The van der Waals surface area contributed by atoms with Gasteiger partial charge in [0.25, 0.3) is 0 Å². The number of benzene rings is 1. The van der Waals surface area contributed by atoms with Gasteiger partial charge in [0, 0.05) is 29.7 Å². The molecule has 2 N–H and O–H groups in total. The first kappa shape index (κ1) is 16.6. The first-order valence-electron chi connectivity index (χ1n) is 7.10. The molecule has 1 aliphatic heterocycles. The molecule has 0 spiro atoms. The van der Waals surface area contributed by atoms with E-state index in [2.05, 4.69) is 5.32 Å². The third kappa shape index (κ3) is 5.23. The monoisotopic (exact) mass is 325 g/mol. The van der Waals surface area contributed by atoms with E-state index in [0.717, 1.165) is 25.0 Å². The number of aromatic carboxylic acids is 1. The summed E-state index contributed by atoms with van der Waals surface area (Å²) >= 11 is 0. The molecule has 1 aromatic rings. The van der Waals surface area contributed by atoms with E-state index >= 15 is 0 Å². The predicted octanol–water partition coefficient (Wildman–Crippen LogP) is 0.929. The zero-order chi connectivity index (χ0) is 15.9. The van der Waals surface area contributed by atoms with E-state index in [1.165, 1.54) is 12.1 Å². The molecule has 7 heteroatoms. The van der Waals surface area contributed by atoms with Crippen LogP contribution in [0, 0.1) is 0 Å². The minimum absolute atomic E-state index is 0.0621. The quantitative estimate of drug-likeness (QED) is 0.778. The van der Waals surface area contributed by atoms with Crippen LogP contribution in [0.4, 0.5) is 0 Å². The van der Waals surface area contributed by atoms with E-state index in [0.29, 0.717) is 6.54 Å². The number of nitrogens with one attached hydrogen (secondary N) is 1. The van der Waals surface area contributed by atoms with Crippen molar-refractivity contribution >= 4 is 22.7 Å². The fourth-order valence-corrected chi connectivity index (χ4v) is 3.27. The van der Waals surface area contributed by atoms with Gasteiger partial charge in [-0.15, -0.1) is 0 Å². The van der Waals surface area contributed by atoms with Crippen molar-refractivity contribution in [3.8, 4) is 0 Å². The number of hydrogen-bond donors (Lipinski definition) is 2. The second kappa shape index (κ2) is 8.05. The van der Waals surface area contributed by atoms with Crippen molar-refractivity contribution in [1.82, 2.24) is 5.32 Å². The lowest BCUT2D eigenvalue weighted by atomic mass is 10.1. The molecule has 2 rings (SSSR count). The molecule has 1 heterocycles. The average molecular weight is 325 g/mol. The molecule has 22 heavy (non-hydrogen) atoms. The van der Waals surface area contributed by atoms with Crippen LogP contribution in [0.2, 0.25) is 0 Å². The standard InChI is InChI=1S/C15H19NO5S/c17-14(16-8-13-2-1-7-21-13)10-22(20)9-11-3-5-12(6-4-11)15(18)19/h3-6,13H,1-2,7-10H2,(H,16,17)(H,18,19). The van der Waals surface area contributed by atoms with Crippen molar-refractivity contribution in [3.63, 3.8) is 0 Å². The fraction of sp³-hybridized carbons (Fsp3) is 0.467. The molecule has 2 atom stereocenters. The predicted molar refractivity (Wildman–Crippen MR) is 82.1 cm³/mol. The van der Waals surface area contributed by atoms with Gasteiger partial charge in [-0.05, 0) is 30.5 Å². The summed E-state index contributed by atoms with van der Waals surface area (Å²) in [6.07, 6.45) is 2.03. The molecule has 1 aromatic carbocycles. The molecule has 0 aliphatic carbocycles. The summed E-state index contributed by atoms with van der Waals surface area (Å²) in [5.41, 5.74) is 0.930. The third-order valence-corrected chi connectivity index (χ3v) is 4.61. The van der Waals surface area contributed by atoms with E-state index in [9.17, 15) is 13.8 Å². The molecule has 1 aliphatic rings. The molecule has 6 nitrogen and oxygen atoms in total. The van der Waals surface area contributed by atoms with Gasteiger partial charge in [0.1, 0.15) is 5.75 Å². The summed E-state index contributed by atoms with van der Waals surface area (Å²) in [5, 5.41) is 11.5. The Morgan fingerprint density at radius 2 is 2.05 bits per heavy atom. The minimum atomic E-state index is -1.32. The highest BCUT2D eigenvalue weighted by molar-refractivity contribution is 7.84. The van der Waals surface area contributed by atoms with Gasteiger partial charge in [-0.3, -0.25) is 9.00 Å². The first-order valence-corrected chi connectivity index (χ1v) is 8.59. The number of amides is 1. The lowest BCUT2D eigenvalue weighted by Crippen LogP contribution is -2.34. The molecule has 0 bridgehead atoms. The SMILES string of the molecule is O=C(CS(=O)Cc1ccc(C(=O)O)cc1)NCC1CCCO1. The first-order chi connectivity index (χ1) is 10.5. The van der Waals surface area contributed by atoms with Crippen LogP contribution < -0.4 is 5.32 Å². The van der Waals surface area contributed by atoms with Crippen LogP contribution in [0.15, 0.2) is 24.3 Å². The zero-order valence-corrected chi connectivity index (χ0v) is 12.9. The number of carboxylic acids is 1. The molecule has 1 saturated heterocycles. The van der Waals surface area contributed by atoms with Crippen molar-refractivity contribution in [2.24, 2.45) is 0 Å². The van der Waals surface area contributed by atoms with E-state index in [1.807, 2.05) is 0 Å². The fourth-order valence-electron chi connectivity index (χ4n) is 2.21. The van der Waals surface area contributed by atoms with Crippen LogP contribution in [0.25, 0.3) is 0 Å². The Morgan fingerprint density at radius 3 is 2.64 bits per heavy atom. The summed E-state index contributed by atoms with van der Waals surface area (Å²) in [4.78, 5) is 22.4. The van der Waals surface area contributed by atoms with Gasteiger partial charge >= 0.3 is 5.97 Å². The lowest BCUT2D eigenvalue weighted by Gasteiger charge is -2.10. The van der Waals surface area contributed by atoms with Crippen molar-refractivity contribution in [2.75, 3.05) is 18.9 Å². The molecule has 0 saturated carbocycles. The Morgan fingerprint density at radius 1 is 1.32 bits per heavy atom. The zero-order valence-electron chi connectivity index (χ0n) is 12.1. The minimum Gasteiger partial charge on any atom is -0.478 e. The maximum absolute atomic E-state index is 11.9. The molecule has 1 fully saturated rings. The number of carboxylic acid groups (broad SMARTS) is 1. The van der Waals surface area contributed by atoms with Gasteiger partial charge in [0.15, 0.2) is 0 Å². The summed E-state index contributed by atoms with van der Waals surface area (Å²) in [5.74, 6) is -1.09. The van der Waals surface area contributed by atoms with Crippen LogP contribution in [-0.2, 0) is 26.1 Å². The Labute approximate surface area is 131 Å². The molecule has 1 amide bonds. The third-order valence-electron chi connectivity index (χ3n) is 3.37. The molecule has 2 unspecified atom stereocenters. The van der Waals surface area contributed by atoms with Crippen molar-refractivity contribution in [3.05, 3.63) is 35.4 Å². The number of hydrogen-bond acceptors (Lipinski definition) is 4. The number of ether oxygens (including phenoxy) is 1. The topological polar surface area (TPSA) is 92.7 Å². The molecule has 0 aromatic heterocycles. The summed E-state index contributed by atoms with van der Waals surface area (Å²) in [6.45, 7) is 1.20. The largest absolute Gasteiger partial charge is 0.478 e. The van der Waals surface area contributed by atoms with E-state index in [4.69, 9.17) is 9.84 Å². The summed E-state index contributed by atoms with van der Waals surface area (Å²) < 4.78 is 17.3. The molecule has 0 radical (unpaired) electrons. The maximum atomic E-state index is 11.9. The van der Waals surface area contributed by atoms with Crippen LogP contribution >= 0.6 is 0 Å². The lowest BCUT2D eigenvalue weighted by molar-refractivity contribution is -0.119. The second-order valence-corrected chi connectivity index (χ2v) is 6.63. The Bertz CT molecular complexity index is 552. The number of carbonyl (C=O) groups is 2. The highest BCUT2D eigenvalue weighted by Crippen LogP contribution is 2.10. The highest BCUT2D eigenvalue weighted by atomic mass is 32.2. The van der Waals surface area contributed by atoms with Gasteiger partial charge < -0.3 is 15.2 Å². The van der Waals surface area contributed by atoms with Crippen LogP contribution in [0.1, 0.15) is 28.8 Å². The summed E-state index contributed by atoms with van der Waals surface area (Å²) in [6, 6.07) is 6.16. The highest BCUT2D eigenvalue weighted by Gasteiger charge is 2.17. The van der Waals surface area contributed by atoms with Gasteiger partial charge in [-0.25, -0.2) is 4.79 Å². The van der Waals surface area contributed by atoms with Gasteiger partial charge in [-0.1, -0.05) is 12.1 Å². The van der Waals surface area contributed by atoms with Crippen LogP contribution in [0.5, 0.6) is 0 Å². The van der Waals surface area contributed by atoms with Crippen molar-refractivity contribution in [1.29, 1.82) is 0 Å². The second-order valence-electron chi connectivity index (χ2n) is 5.17. The normalized spacial score (nSPS) is 18.8. The maximum Gasteiger partial charge on any atom is 0.335 e. The van der Waals surface area contributed by atoms with Gasteiger partial charge in [-0.2, -0.15) is 0 Å². The Hall–Kier alpha value is -1.73. The molecule has 120 valence electrons. The summed E-state index contributed by atoms with van der Waals surface area (Å²) in [7, 11) is -1.32. The Balaban J connectivity index is 1.74. The Kier molecular flexibility index (Phi) is 6.09. The molecular formula is C15H19NO5S. The van der Waals surface area contributed by atoms with Crippen molar-refractivity contribution < 1.29 is 23.6 Å². The van der Waals surface area contributed by atoms with E-state index in [1.54, 1.807) is 12.1 Å². The average Bonchev–Trinajstić information content (AvgIpc) is 2.99. The van der Waals surface area contributed by atoms with Gasteiger partial charge in [0.05, 0.1) is 11.7 Å². The smallest absolute Gasteiger partial charge is 0.335 e. The van der Waals surface area contributed by atoms with Gasteiger partial charge in [0.2, 0.25) is 5.91 Å². The van der Waals surface area contributed by atoms with E-state index in [-0.39, 0.29) is 29.1 Å². The van der Waals surface area contributed by atoms with Crippen LogP contribution in [-0.4, -0.2) is 46.2 Å². The van der Waals surface area contributed by atoms with E-state index < -0.39 is 16.8 Å². The molecular weight excluding hydrogens is 306 g/mol. The van der Waals surface area contributed by atoms with Crippen molar-refractivity contribution in [2.45, 2.75) is 24.7 Å². The van der Waals surface area contributed by atoms with Crippen LogP contribution in [0.3, 0.4) is 0 Å². The number of carbonyl (C=O) groups excluding carboxylic acids is 1. The number of rotatable bonds is 7.